The Balaban J connectivity index is 2.23. The van der Waals surface area contributed by atoms with E-state index >= 15 is 0 Å². The van der Waals surface area contributed by atoms with Crippen molar-refractivity contribution >= 4 is 6.08 Å². The van der Waals surface area contributed by atoms with Crippen molar-refractivity contribution in [1.29, 1.82) is 0 Å². The minimum Gasteiger partial charge on any atom is -0.369 e. The normalized spacial score (nSPS) is 21.2. The van der Waals surface area contributed by atoms with Gasteiger partial charge in [-0.05, 0) is 22.6 Å². The summed E-state index contributed by atoms with van der Waals surface area (Å²) >= 11 is 0. The molecule has 1 nitrogen and oxygen atoms in total. The number of rotatable bonds is 3. The maximum absolute atomic E-state index is 5.79. The van der Waals surface area contributed by atoms with Gasteiger partial charge in [0, 0.05) is 6.42 Å². The Morgan fingerprint density at radius 1 is 1.35 bits per heavy atom. The first-order valence-corrected chi connectivity index (χ1v) is 6.21. The number of ether oxygens (including phenoxy) is 1. The third kappa shape index (κ3) is 3.07. The maximum atomic E-state index is 5.79. The van der Waals surface area contributed by atoms with Gasteiger partial charge in [0.15, 0.2) is 0 Å². The topological polar surface area (TPSA) is 9.23 Å². The Labute approximate surface area is 104 Å². The minimum absolute atomic E-state index is 0.225. The third-order valence-electron chi connectivity index (χ3n) is 3.13. The van der Waals surface area contributed by atoms with Crippen LogP contribution in [0.2, 0.25) is 0 Å². The molecule has 1 aromatic rings. The highest BCUT2D eigenvalue weighted by atomic mass is 16.5. The lowest BCUT2D eigenvalue weighted by Gasteiger charge is -2.18. The summed E-state index contributed by atoms with van der Waals surface area (Å²) in [4.78, 5) is 0. The van der Waals surface area contributed by atoms with Crippen molar-refractivity contribution in [2.75, 3.05) is 6.61 Å². The molecule has 1 aliphatic heterocycles. The molecular weight excluding hydrogens is 208 g/mol. The van der Waals surface area contributed by atoms with Gasteiger partial charge in [-0.2, -0.15) is 0 Å². The Kier molecular flexibility index (Phi) is 3.80. The van der Waals surface area contributed by atoms with Gasteiger partial charge < -0.3 is 4.74 Å². The molecule has 17 heavy (non-hydrogen) atoms. The Morgan fingerprint density at radius 3 is 2.59 bits per heavy atom. The molecule has 1 heterocycles. The largest absolute Gasteiger partial charge is 0.369 e. The smallest absolute Gasteiger partial charge is 0.0833 e. The molecule has 1 atom stereocenters. The predicted octanol–water partition coefficient (Wildman–Crippen LogP) is 4.07. The molecule has 0 radical (unpaired) electrons. The molecule has 0 amide bonds. The highest BCUT2D eigenvalue weighted by Gasteiger charge is 2.24. The van der Waals surface area contributed by atoms with Gasteiger partial charge in [0.05, 0.1) is 12.7 Å². The molecule has 0 N–H and O–H groups in total. The van der Waals surface area contributed by atoms with Crippen LogP contribution in [0.25, 0.3) is 6.08 Å². The predicted molar refractivity (Wildman–Crippen MR) is 72.8 cm³/mol. The van der Waals surface area contributed by atoms with Gasteiger partial charge in [0.2, 0.25) is 0 Å². The molecule has 2 rings (SSSR count). The molecule has 0 unspecified atom stereocenters. The van der Waals surface area contributed by atoms with Gasteiger partial charge in [-0.1, -0.05) is 56.8 Å². The summed E-state index contributed by atoms with van der Waals surface area (Å²) in [5, 5.41) is 0. The van der Waals surface area contributed by atoms with E-state index in [0.717, 1.165) is 6.42 Å². The number of hydrogen-bond donors (Lipinski definition) is 0. The molecular formula is C16H20O. The molecule has 0 saturated carbocycles. The molecule has 0 aromatic heterocycles. The molecule has 1 aliphatic rings. The van der Waals surface area contributed by atoms with Crippen LogP contribution in [-0.2, 0) is 4.74 Å². The standard InChI is InChI=1S/C16H20O/c1-12(2)15(16-9-13(3)11-17-16)10-14-7-5-4-6-8-14/h4-8,10,12,16H,3,9,11H2,1-2H3/b15-10-/t16-/m1/s1. The number of benzene rings is 1. The maximum Gasteiger partial charge on any atom is 0.0833 e. The lowest BCUT2D eigenvalue weighted by Crippen LogP contribution is -2.13. The fraction of sp³-hybridized carbons (Fsp3) is 0.375. The van der Waals surface area contributed by atoms with Gasteiger partial charge in [-0.15, -0.1) is 0 Å². The second-order valence-electron chi connectivity index (χ2n) is 4.96. The van der Waals surface area contributed by atoms with Crippen molar-refractivity contribution in [3.63, 3.8) is 0 Å². The average Bonchev–Trinajstić information content (AvgIpc) is 2.73. The fourth-order valence-electron chi connectivity index (χ4n) is 2.19. The van der Waals surface area contributed by atoms with Gasteiger partial charge >= 0.3 is 0 Å². The van der Waals surface area contributed by atoms with Crippen molar-refractivity contribution in [1.82, 2.24) is 0 Å². The van der Waals surface area contributed by atoms with Crippen LogP contribution in [0.15, 0.2) is 48.1 Å². The summed E-state index contributed by atoms with van der Waals surface area (Å²) in [7, 11) is 0. The highest BCUT2D eigenvalue weighted by Crippen LogP contribution is 2.29. The summed E-state index contributed by atoms with van der Waals surface area (Å²) in [6, 6.07) is 10.4. The van der Waals surface area contributed by atoms with Crippen molar-refractivity contribution in [2.45, 2.75) is 26.4 Å². The van der Waals surface area contributed by atoms with E-state index < -0.39 is 0 Å². The summed E-state index contributed by atoms with van der Waals surface area (Å²) in [6.07, 6.45) is 3.45. The Hall–Kier alpha value is -1.34. The first-order valence-electron chi connectivity index (χ1n) is 6.21. The van der Waals surface area contributed by atoms with E-state index in [9.17, 15) is 0 Å². The quantitative estimate of drug-likeness (QED) is 0.709. The summed E-state index contributed by atoms with van der Waals surface area (Å²) < 4.78 is 5.79. The van der Waals surface area contributed by atoms with Crippen LogP contribution in [0.4, 0.5) is 0 Å². The molecule has 1 fully saturated rings. The SMILES string of the molecule is C=C1CO[C@@H](/C(=C\c2ccccc2)C(C)C)C1. The third-order valence-corrected chi connectivity index (χ3v) is 3.13. The first-order chi connectivity index (χ1) is 8.16. The summed E-state index contributed by atoms with van der Waals surface area (Å²) in [5.41, 5.74) is 3.82. The van der Waals surface area contributed by atoms with Crippen LogP contribution < -0.4 is 0 Å². The van der Waals surface area contributed by atoms with Crippen LogP contribution in [0, 0.1) is 5.92 Å². The zero-order valence-corrected chi connectivity index (χ0v) is 10.6. The average molecular weight is 228 g/mol. The summed E-state index contributed by atoms with van der Waals surface area (Å²) in [6.45, 7) is 9.16. The van der Waals surface area contributed by atoms with Crippen LogP contribution in [0.5, 0.6) is 0 Å². The van der Waals surface area contributed by atoms with E-state index in [4.69, 9.17) is 4.74 Å². The van der Waals surface area contributed by atoms with Gasteiger partial charge in [-0.3, -0.25) is 0 Å². The molecule has 1 saturated heterocycles. The van der Waals surface area contributed by atoms with E-state index in [-0.39, 0.29) is 6.10 Å². The van der Waals surface area contributed by atoms with Crippen molar-refractivity contribution in [3.8, 4) is 0 Å². The number of hydrogen-bond acceptors (Lipinski definition) is 1. The highest BCUT2D eigenvalue weighted by molar-refractivity contribution is 5.54. The van der Waals surface area contributed by atoms with E-state index in [1.807, 2.05) is 6.07 Å². The van der Waals surface area contributed by atoms with Crippen molar-refractivity contribution in [2.24, 2.45) is 5.92 Å². The first kappa shape index (κ1) is 12.1. The second-order valence-corrected chi connectivity index (χ2v) is 4.96. The van der Waals surface area contributed by atoms with E-state index in [2.05, 4.69) is 50.8 Å². The van der Waals surface area contributed by atoms with E-state index in [1.165, 1.54) is 16.7 Å². The lowest BCUT2D eigenvalue weighted by molar-refractivity contribution is 0.135. The summed E-state index contributed by atoms with van der Waals surface area (Å²) in [5.74, 6) is 0.506. The lowest BCUT2D eigenvalue weighted by atomic mass is 9.93. The Morgan fingerprint density at radius 2 is 2.06 bits per heavy atom. The minimum atomic E-state index is 0.225. The fourth-order valence-corrected chi connectivity index (χ4v) is 2.19. The molecule has 0 bridgehead atoms. The van der Waals surface area contributed by atoms with E-state index in [0.29, 0.717) is 12.5 Å². The van der Waals surface area contributed by atoms with Crippen molar-refractivity contribution < 1.29 is 4.74 Å². The molecule has 1 heteroatoms. The zero-order chi connectivity index (χ0) is 12.3. The molecule has 90 valence electrons. The van der Waals surface area contributed by atoms with Crippen LogP contribution >= 0.6 is 0 Å². The monoisotopic (exact) mass is 228 g/mol. The van der Waals surface area contributed by atoms with Crippen LogP contribution in [0.3, 0.4) is 0 Å². The molecule has 0 spiro atoms. The van der Waals surface area contributed by atoms with Gasteiger partial charge in [0.1, 0.15) is 0 Å². The molecule has 0 aliphatic carbocycles. The Bertz CT molecular complexity index is 414. The second kappa shape index (κ2) is 5.33. The zero-order valence-electron chi connectivity index (χ0n) is 10.6. The van der Waals surface area contributed by atoms with Crippen molar-refractivity contribution in [3.05, 3.63) is 53.6 Å². The van der Waals surface area contributed by atoms with E-state index in [1.54, 1.807) is 0 Å². The molecule has 1 aromatic carbocycles. The van der Waals surface area contributed by atoms with Gasteiger partial charge in [0.25, 0.3) is 0 Å². The van der Waals surface area contributed by atoms with Crippen LogP contribution in [-0.4, -0.2) is 12.7 Å². The van der Waals surface area contributed by atoms with Gasteiger partial charge in [-0.25, -0.2) is 0 Å². The van der Waals surface area contributed by atoms with Crippen LogP contribution in [0.1, 0.15) is 25.8 Å².